The molecule has 0 saturated heterocycles. The molecule has 134 valence electrons. The number of nitrogens with one attached hydrogen (secondary N) is 1. The molecule has 0 radical (unpaired) electrons. The number of thiophene rings is 1. The van der Waals surface area contributed by atoms with Crippen LogP contribution in [0.1, 0.15) is 11.8 Å². The maximum atomic E-state index is 13.9. The largest absolute Gasteiger partial charge is 0.278 e. The van der Waals surface area contributed by atoms with Crippen LogP contribution in [0.15, 0.2) is 70.7 Å². The maximum Gasteiger partial charge on any atom is 0.175 e. The summed E-state index contributed by atoms with van der Waals surface area (Å²) in [6, 6.07) is 16.8. The monoisotopic (exact) mass is 388 g/mol. The minimum absolute atomic E-state index is 0.250. The van der Waals surface area contributed by atoms with Gasteiger partial charge in [0.2, 0.25) is 0 Å². The summed E-state index contributed by atoms with van der Waals surface area (Å²) in [7, 11) is -3.21. The van der Waals surface area contributed by atoms with E-state index in [1.165, 1.54) is 35.8 Å². The van der Waals surface area contributed by atoms with E-state index >= 15 is 0 Å². The van der Waals surface area contributed by atoms with E-state index in [2.05, 4.69) is 10.5 Å². The average molecular weight is 388 g/mol. The van der Waals surface area contributed by atoms with Crippen LogP contribution in [0.4, 0.5) is 10.1 Å². The van der Waals surface area contributed by atoms with Crippen LogP contribution in [-0.4, -0.2) is 20.4 Å². The average Bonchev–Trinajstić information content (AvgIpc) is 3.09. The van der Waals surface area contributed by atoms with Crippen molar-refractivity contribution in [2.45, 2.75) is 11.8 Å². The smallest absolute Gasteiger partial charge is 0.175 e. The van der Waals surface area contributed by atoms with Gasteiger partial charge in [-0.05, 0) is 49.4 Å². The first-order valence-electron chi connectivity index (χ1n) is 7.80. The number of hydrazone groups is 1. The second kappa shape index (κ2) is 7.39. The molecule has 1 N–H and O–H groups in total. The van der Waals surface area contributed by atoms with E-state index in [4.69, 9.17) is 0 Å². The Bertz CT molecular complexity index is 1060. The van der Waals surface area contributed by atoms with Crippen LogP contribution < -0.4 is 5.43 Å². The summed E-state index contributed by atoms with van der Waals surface area (Å²) < 4.78 is 36.8. The third kappa shape index (κ3) is 4.17. The highest BCUT2D eigenvalue weighted by Gasteiger charge is 2.09. The highest BCUT2D eigenvalue weighted by molar-refractivity contribution is 7.90. The quantitative estimate of drug-likeness (QED) is 0.505. The van der Waals surface area contributed by atoms with Crippen LogP contribution in [-0.2, 0) is 9.84 Å². The molecule has 0 saturated carbocycles. The summed E-state index contributed by atoms with van der Waals surface area (Å²) in [4.78, 5) is 2.02. The summed E-state index contributed by atoms with van der Waals surface area (Å²) in [5, 5.41) is 4.32. The van der Waals surface area contributed by atoms with Crippen LogP contribution in [0.3, 0.4) is 0 Å². The Hall–Kier alpha value is -2.51. The summed E-state index contributed by atoms with van der Waals surface area (Å²) >= 11 is 1.46. The van der Waals surface area contributed by atoms with Crippen molar-refractivity contribution in [3.63, 3.8) is 0 Å². The number of rotatable bonds is 5. The van der Waals surface area contributed by atoms with E-state index in [1.807, 2.05) is 19.1 Å². The lowest BCUT2D eigenvalue weighted by atomic mass is 10.2. The van der Waals surface area contributed by atoms with Gasteiger partial charge in [0.15, 0.2) is 9.84 Å². The normalized spacial score (nSPS) is 12.2. The van der Waals surface area contributed by atoms with Crippen molar-refractivity contribution >= 4 is 32.6 Å². The van der Waals surface area contributed by atoms with Gasteiger partial charge in [-0.15, -0.1) is 11.3 Å². The van der Waals surface area contributed by atoms with Crippen molar-refractivity contribution < 1.29 is 12.8 Å². The fourth-order valence-corrected chi connectivity index (χ4v) is 3.93. The molecule has 0 aliphatic heterocycles. The lowest BCUT2D eigenvalue weighted by Gasteiger charge is -2.03. The molecule has 0 unspecified atom stereocenters. The molecule has 7 heteroatoms. The minimum atomic E-state index is -3.21. The van der Waals surface area contributed by atoms with Crippen molar-refractivity contribution in [1.29, 1.82) is 0 Å². The lowest BCUT2D eigenvalue weighted by molar-refractivity contribution is 0.602. The van der Waals surface area contributed by atoms with Gasteiger partial charge < -0.3 is 0 Å². The molecule has 3 rings (SSSR count). The van der Waals surface area contributed by atoms with Gasteiger partial charge in [-0.1, -0.05) is 18.2 Å². The van der Waals surface area contributed by atoms with Crippen molar-refractivity contribution in [3.05, 3.63) is 71.4 Å². The summed E-state index contributed by atoms with van der Waals surface area (Å²) in [6.07, 6.45) is 1.17. The van der Waals surface area contributed by atoms with Crippen molar-refractivity contribution in [1.82, 2.24) is 0 Å². The van der Waals surface area contributed by atoms with E-state index in [0.717, 1.165) is 15.5 Å². The van der Waals surface area contributed by atoms with Crippen LogP contribution in [0.5, 0.6) is 0 Å². The zero-order valence-corrected chi connectivity index (χ0v) is 15.9. The van der Waals surface area contributed by atoms with Crippen LogP contribution >= 0.6 is 11.3 Å². The molecule has 1 aromatic heterocycles. The second-order valence-corrected chi connectivity index (χ2v) is 8.85. The molecule has 3 aromatic rings. The number of sulfone groups is 1. The van der Waals surface area contributed by atoms with Gasteiger partial charge in [-0.3, -0.25) is 5.43 Å². The minimum Gasteiger partial charge on any atom is -0.278 e. The van der Waals surface area contributed by atoms with Crippen molar-refractivity contribution in [3.8, 4) is 10.4 Å². The van der Waals surface area contributed by atoms with Gasteiger partial charge >= 0.3 is 0 Å². The molecule has 26 heavy (non-hydrogen) atoms. The molecule has 0 fully saturated rings. The zero-order valence-electron chi connectivity index (χ0n) is 14.2. The summed E-state index contributed by atoms with van der Waals surface area (Å²) in [5.74, 6) is -0.250. The van der Waals surface area contributed by atoms with E-state index in [9.17, 15) is 12.8 Å². The molecule has 0 amide bonds. The summed E-state index contributed by atoms with van der Waals surface area (Å²) in [6.45, 7) is 1.86. The predicted molar refractivity (Wildman–Crippen MR) is 105 cm³/mol. The fraction of sp³-hybridized carbons (Fsp3) is 0.105. The Balaban J connectivity index is 1.75. The van der Waals surface area contributed by atoms with Gasteiger partial charge in [-0.25, -0.2) is 12.8 Å². The Morgan fingerprint density at radius 2 is 1.73 bits per heavy atom. The van der Waals surface area contributed by atoms with Gasteiger partial charge in [-0.2, -0.15) is 5.10 Å². The Kier molecular flexibility index (Phi) is 5.20. The fourth-order valence-electron chi connectivity index (χ4n) is 2.32. The standard InChI is InChI=1S/C19H17FN2O2S2/c1-13(21-22-14-7-9-15(10-8-14)26(2,23)24)18-11-12-19(25-18)16-5-3-4-6-17(16)20/h3-12,22H,1-2H3. The molecule has 0 spiro atoms. The van der Waals surface area contributed by atoms with Gasteiger partial charge in [0, 0.05) is 16.7 Å². The van der Waals surface area contributed by atoms with Gasteiger partial charge in [0.05, 0.1) is 21.2 Å². The van der Waals surface area contributed by atoms with Crippen LogP contribution in [0, 0.1) is 5.82 Å². The number of anilines is 1. The summed E-state index contributed by atoms with van der Waals surface area (Å²) in [5.41, 5.74) is 4.92. The third-order valence-electron chi connectivity index (χ3n) is 3.74. The molecule has 1 heterocycles. The topological polar surface area (TPSA) is 58.5 Å². The van der Waals surface area contributed by atoms with Crippen LogP contribution in [0.25, 0.3) is 10.4 Å². The molecule has 0 bridgehead atoms. The molecule has 4 nitrogen and oxygen atoms in total. The first-order chi connectivity index (χ1) is 12.3. The number of nitrogens with zero attached hydrogens (tertiary/aromatic N) is 1. The Labute approximate surface area is 155 Å². The van der Waals surface area contributed by atoms with E-state index in [-0.39, 0.29) is 10.7 Å². The highest BCUT2D eigenvalue weighted by Crippen LogP contribution is 2.30. The highest BCUT2D eigenvalue weighted by atomic mass is 32.2. The first kappa shape index (κ1) is 18.3. The van der Waals surface area contributed by atoms with E-state index in [0.29, 0.717) is 11.3 Å². The predicted octanol–water partition coefficient (Wildman–Crippen LogP) is 4.79. The lowest BCUT2D eigenvalue weighted by Crippen LogP contribution is -1.99. The third-order valence-corrected chi connectivity index (χ3v) is 6.09. The molecular formula is C19H17FN2O2S2. The van der Waals surface area contributed by atoms with Gasteiger partial charge in [0.25, 0.3) is 0 Å². The zero-order chi connectivity index (χ0) is 18.7. The molecule has 2 aromatic carbocycles. The van der Waals surface area contributed by atoms with Crippen LogP contribution in [0.2, 0.25) is 0 Å². The Morgan fingerprint density at radius 1 is 1.04 bits per heavy atom. The second-order valence-electron chi connectivity index (χ2n) is 5.75. The molecule has 0 aliphatic rings. The maximum absolute atomic E-state index is 13.9. The van der Waals surface area contributed by atoms with E-state index < -0.39 is 9.84 Å². The number of benzene rings is 2. The molecular weight excluding hydrogens is 371 g/mol. The molecule has 0 aliphatic carbocycles. The number of halogens is 1. The number of hydrogen-bond acceptors (Lipinski definition) is 5. The van der Waals surface area contributed by atoms with Gasteiger partial charge in [0.1, 0.15) is 5.82 Å². The first-order valence-corrected chi connectivity index (χ1v) is 10.5. The SMILES string of the molecule is CC(=NNc1ccc(S(C)(=O)=O)cc1)c1ccc(-c2ccccc2F)s1. The molecule has 0 atom stereocenters. The number of hydrogen-bond donors (Lipinski definition) is 1. The van der Waals surface area contributed by atoms with Crippen molar-refractivity contribution in [2.75, 3.05) is 11.7 Å². The van der Waals surface area contributed by atoms with E-state index in [1.54, 1.807) is 30.3 Å². The Morgan fingerprint density at radius 3 is 2.38 bits per heavy atom. The van der Waals surface area contributed by atoms with Crippen molar-refractivity contribution in [2.24, 2.45) is 5.10 Å².